The number of rotatable bonds is 6. The Morgan fingerprint density at radius 3 is 2.62 bits per heavy atom. The third-order valence-electron chi connectivity index (χ3n) is 6.91. The number of benzene rings is 1. The van der Waals surface area contributed by atoms with Crippen molar-refractivity contribution in [3.05, 3.63) is 71.2 Å². The van der Waals surface area contributed by atoms with E-state index in [2.05, 4.69) is 50.9 Å². The van der Waals surface area contributed by atoms with E-state index in [9.17, 15) is 13.2 Å². The van der Waals surface area contributed by atoms with Gasteiger partial charge < -0.3 is 10.2 Å². The van der Waals surface area contributed by atoms with Crippen LogP contribution in [0.3, 0.4) is 0 Å². The molecule has 5 rings (SSSR count). The van der Waals surface area contributed by atoms with Crippen molar-refractivity contribution >= 4 is 33.4 Å². The van der Waals surface area contributed by atoms with Crippen molar-refractivity contribution in [2.75, 3.05) is 22.8 Å². The molecule has 2 N–H and O–H groups in total. The van der Waals surface area contributed by atoms with Crippen LogP contribution in [-0.2, 0) is 23.1 Å². The van der Waals surface area contributed by atoms with E-state index in [0.29, 0.717) is 24.1 Å². The normalized spacial score (nSPS) is 19.9. The summed E-state index contributed by atoms with van der Waals surface area (Å²) in [5, 5.41) is 3.29. The second kappa shape index (κ2) is 10.1. The van der Waals surface area contributed by atoms with Crippen molar-refractivity contribution in [1.82, 2.24) is 24.8 Å². The largest absolute Gasteiger partial charge is 0.336 e. The van der Waals surface area contributed by atoms with E-state index in [1.54, 1.807) is 6.07 Å². The van der Waals surface area contributed by atoms with Gasteiger partial charge in [0, 0.05) is 60.9 Å². The topological polar surface area (TPSA) is 120 Å². The van der Waals surface area contributed by atoms with E-state index in [0.717, 1.165) is 49.1 Å². The number of amides is 1. The Kier molecular flexibility index (Phi) is 6.82. The van der Waals surface area contributed by atoms with Gasteiger partial charge >= 0.3 is 0 Å². The number of nitrogens with one attached hydrogen (secondary N) is 2. The van der Waals surface area contributed by atoms with Crippen LogP contribution in [0.4, 0.5) is 17.5 Å². The summed E-state index contributed by atoms with van der Waals surface area (Å²) in [6.45, 7) is 6.31. The van der Waals surface area contributed by atoms with Crippen LogP contribution in [0.2, 0.25) is 0 Å². The molecule has 0 bridgehead atoms. The molecule has 0 radical (unpaired) electrons. The average molecular weight is 522 g/mol. The molecule has 1 aromatic carbocycles. The van der Waals surface area contributed by atoms with Crippen LogP contribution in [0, 0.1) is 6.92 Å². The summed E-state index contributed by atoms with van der Waals surface area (Å²) >= 11 is 0. The van der Waals surface area contributed by atoms with Crippen LogP contribution in [0.15, 0.2) is 48.8 Å². The van der Waals surface area contributed by atoms with E-state index in [1.807, 2.05) is 23.2 Å². The predicted molar refractivity (Wildman–Crippen MR) is 142 cm³/mol. The van der Waals surface area contributed by atoms with Crippen molar-refractivity contribution in [3.63, 3.8) is 0 Å². The van der Waals surface area contributed by atoms with Gasteiger partial charge in [-0.3, -0.25) is 14.4 Å². The first-order chi connectivity index (χ1) is 17.6. The maximum absolute atomic E-state index is 13.2. The molecule has 1 saturated heterocycles. The molecule has 2 aliphatic heterocycles. The van der Waals surface area contributed by atoms with E-state index in [1.165, 1.54) is 17.8 Å². The second-order valence-electron chi connectivity index (χ2n) is 9.89. The van der Waals surface area contributed by atoms with Crippen LogP contribution < -0.4 is 10.0 Å². The SMILES string of the molecule is Cc1ccc(Nc2ncc3c(n2)CN([C@H]2CCN(C(=O)c4ccnc(NS(C)(=O)=O)c4)[C@H](C)C2)C3)cc1. The Hall–Kier alpha value is -3.57. The number of piperidine rings is 1. The summed E-state index contributed by atoms with van der Waals surface area (Å²) in [6.07, 6.45) is 6.11. The quantitative estimate of drug-likeness (QED) is 0.507. The van der Waals surface area contributed by atoms with Crippen molar-refractivity contribution in [3.8, 4) is 0 Å². The minimum atomic E-state index is -3.47. The summed E-state index contributed by atoms with van der Waals surface area (Å²) in [7, 11) is -3.47. The number of hydrogen-bond donors (Lipinski definition) is 2. The number of carbonyl (C=O) groups excluding carboxylic acids is 1. The van der Waals surface area contributed by atoms with Crippen molar-refractivity contribution in [1.29, 1.82) is 0 Å². The number of aromatic nitrogens is 3. The number of pyridine rings is 1. The van der Waals surface area contributed by atoms with Crippen LogP contribution in [0.1, 0.15) is 46.9 Å². The van der Waals surface area contributed by atoms with Crippen molar-refractivity contribution < 1.29 is 13.2 Å². The van der Waals surface area contributed by atoms with Crippen molar-refractivity contribution in [2.45, 2.75) is 51.9 Å². The first-order valence-electron chi connectivity index (χ1n) is 12.3. The summed E-state index contributed by atoms with van der Waals surface area (Å²) < 4.78 is 25.4. The molecular formula is C26H31N7O3S. The number of aryl methyl sites for hydroxylation is 1. The van der Waals surface area contributed by atoms with Gasteiger partial charge in [-0.2, -0.15) is 0 Å². The van der Waals surface area contributed by atoms with Gasteiger partial charge in [0.1, 0.15) is 5.82 Å². The van der Waals surface area contributed by atoms with Gasteiger partial charge in [0.25, 0.3) is 5.91 Å². The molecule has 3 aromatic rings. The molecular weight excluding hydrogens is 490 g/mol. The van der Waals surface area contributed by atoms with Crippen LogP contribution in [-0.4, -0.2) is 64.0 Å². The third kappa shape index (κ3) is 5.89. The van der Waals surface area contributed by atoms with Crippen LogP contribution in [0.25, 0.3) is 0 Å². The smallest absolute Gasteiger partial charge is 0.254 e. The molecule has 1 amide bonds. The Morgan fingerprint density at radius 2 is 1.89 bits per heavy atom. The van der Waals surface area contributed by atoms with Crippen molar-refractivity contribution in [2.24, 2.45) is 0 Å². The van der Waals surface area contributed by atoms with Gasteiger partial charge in [0.05, 0.1) is 11.9 Å². The molecule has 194 valence electrons. The molecule has 1 fully saturated rings. The molecule has 0 unspecified atom stereocenters. The van der Waals surface area contributed by atoms with Gasteiger partial charge in [0.15, 0.2) is 0 Å². The standard InChI is InChI=1S/C26H31N7O3S/c1-17-4-6-21(7-5-17)29-26-28-14-20-15-32(16-23(20)30-26)22-9-11-33(18(2)12-22)25(34)19-8-10-27-24(13-19)31-37(3,35)36/h4-8,10,13-14,18,22H,9,11-12,15-16H2,1-3H3,(H,27,31)(H,28,29,30)/t18-,22+/m1/s1. The predicted octanol–water partition coefficient (Wildman–Crippen LogP) is 3.30. The Labute approximate surface area is 217 Å². The maximum Gasteiger partial charge on any atom is 0.254 e. The highest BCUT2D eigenvalue weighted by atomic mass is 32.2. The number of nitrogens with zero attached hydrogens (tertiary/aromatic N) is 5. The molecule has 0 aliphatic carbocycles. The van der Waals surface area contributed by atoms with E-state index in [-0.39, 0.29) is 17.8 Å². The third-order valence-corrected chi connectivity index (χ3v) is 7.49. The van der Waals surface area contributed by atoms with Crippen LogP contribution in [0.5, 0.6) is 0 Å². The van der Waals surface area contributed by atoms with Gasteiger partial charge in [-0.15, -0.1) is 0 Å². The fraction of sp³-hybridized carbons (Fsp3) is 0.385. The minimum Gasteiger partial charge on any atom is -0.336 e. The molecule has 0 saturated carbocycles. The van der Waals surface area contributed by atoms with Gasteiger partial charge in [-0.1, -0.05) is 17.7 Å². The molecule has 11 heteroatoms. The first kappa shape index (κ1) is 25.1. The summed E-state index contributed by atoms with van der Waals surface area (Å²) in [5.74, 6) is 0.621. The zero-order valence-corrected chi connectivity index (χ0v) is 22.0. The highest BCUT2D eigenvalue weighted by molar-refractivity contribution is 7.92. The summed E-state index contributed by atoms with van der Waals surface area (Å²) in [4.78, 5) is 30.8. The zero-order chi connectivity index (χ0) is 26.2. The molecule has 2 aliphatic rings. The first-order valence-corrected chi connectivity index (χ1v) is 14.2. The molecule has 4 heterocycles. The molecule has 10 nitrogen and oxygen atoms in total. The number of fused-ring (bicyclic) bond motifs is 1. The average Bonchev–Trinajstić information content (AvgIpc) is 3.28. The maximum atomic E-state index is 13.2. The number of anilines is 3. The number of carbonyl (C=O) groups is 1. The molecule has 2 aromatic heterocycles. The highest BCUT2D eigenvalue weighted by Crippen LogP contribution is 2.31. The Bertz CT molecular complexity index is 1410. The fourth-order valence-corrected chi connectivity index (χ4v) is 5.51. The lowest BCUT2D eigenvalue weighted by atomic mass is 9.96. The Morgan fingerprint density at radius 1 is 1.11 bits per heavy atom. The second-order valence-corrected chi connectivity index (χ2v) is 11.6. The lowest BCUT2D eigenvalue weighted by Gasteiger charge is -2.41. The van der Waals surface area contributed by atoms with Gasteiger partial charge in [0.2, 0.25) is 16.0 Å². The monoisotopic (exact) mass is 521 g/mol. The van der Waals surface area contributed by atoms with E-state index < -0.39 is 10.0 Å². The number of likely N-dealkylation sites (tertiary alicyclic amines) is 1. The zero-order valence-electron chi connectivity index (χ0n) is 21.2. The lowest BCUT2D eigenvalue weighted by Crippen LogP contribution is -2.50. The summed E-state index contributed by atoms with van der Waals surface area (Å²) in [6, 6.07) is 11.6. The fourth-order valence-electron chi connectivity index (χ4n) is 5.02. The minimum absolute atomic E-state index is 0.0410. The van der Waals surface area contributed by atoms with Gasteiger partial charge in [-0.25, -0.2) is 23.4 Å². The lowest BCUT2D eigenvalue weighted by molar-refractivity contribution is 0.0460. The molecule has 0 spiro atoms. The molecule has 37 heavy (non-hydrogen) atoms. The van der Waals surface area contributed by atoms with E-state index >= 15 is 0 Å². The van der Waals surface area contributed by atoms with Crippen LogP contribution >= 0.6 is 0 Å². The Balaban J connectivity index is 1.20. The highest BCUT2D eigenvalue weighted by Gasteiger charge is 2.35. The number of sulfonamides is 1. The molecule has 2 atom stereocenters. The number of hydrogen-bond acceptors (Lipinski definition) is 8. The van der Waals surface area contributed by atoms with E-state index in [4.69, 9.17) is 4.98 Å². The van der Waals surface area contributed by atoms with Gasteiger partial charge in [-0.05, 0) is 51.0 Å². The summed E-state index contributed by atoms with van der Waals surface area (Å²) in [5.41, 5.74) is 4.76.